The van der Waals surface area contributed by atoms with E-state index in [0.29, 0.717) is 10.4 Å². The highest BCUT2D eigenvalue weighted by atomic mass is 32.2. The molecule has 0 bridgehead atoms. The maximum Gasteiger partial charge on any atom is 0.217 e. The Morgan fingerprint density at radius 1 is 1.24 bits per heavy atom. The quantitative estimate of drug-likeness (QED) is 0.722. The predicted molar refractivity (Wildman–Crippen MR) is 101 cm³/mol. The third-order valence-electron chi connectivity index (χ3n) is 3.86. The fourth-order valence-electron chi connectivity index (χ4n) is 2.39. The Hall–Kier alpha value is -1.77. The van der Waals surface area contributed by atoms with Crippen LogP contribution in [0.1, 0.15) is 34.8 Å². The minimum Gasteiger partial charge on any atom is -0.321 e. The molecule has 0 spiro atoms. The normalized spacial score (nSPS) is 12.8. The Bertz CT molecular complexity index is 937. The lowest BCUT2D eigenvalue weighted by molar-refractivity contribution is 0.102. The molecule has 0 aliphatic carbocycles. The van der Waals surface area contributed by atoms with E-state index >= 15 is 0 Å². The summed E-state index contributed by atoms with van der Waals surface area (Å²) in [7, 11) is -0.238. The second-order valence-corrected chi connectivity index (χ2v) is 9.08. The van der Waals surface area contributed by atoms with Gasteiger partial charge < -0.3 is 4.57 Å². The van der Waals surface area contributed by atoms with E-state index in [2.05, 4.69) is 4.99 Å². The summed E-state index contributed by atoms with van der Waals surface area (Å²) in [5.74, 6) is -0.00245. The molecular formula is C17H23N3O3S2. The number of hydrogen-bond acceptors (Lipinski definition) is 5. The van der Waals surface area contributed by atoms with Gasteiger partial charge in [-0.2, -0.15) is 0 Å². The summed E-state index contributed by atoms with van der Waals surface area (Å²) in [6.45, 7) is 6.22. The first-order valence-corrected chi connectivity index (χ1v) is 10.3. The maximum atomic E-state index is 11.9. The topological polar surface area (TPSA) is 71.7 Å². The molecule has 0 aliphatic rings. The van der Waals surface area contributed by atoms with Gasteiger partial charge in [0, 0.05) is 33.3 Å². The SMILES string of the molecule is CCn1c(C)c(C(C)=O)sc1=Nc1ccc(CS(=O)(=O)N(C)C)cc1. The van der Waals surface area contributed by atoms with E-state index in [1.54, 1.807) is 31.2 Å². The van der Waals surface area contributed by atoms with Crippen molar-refractivity contribution < 1.29 is 13.2 Å². The second-order valence-electron chi connectivity index (χ2n) is 5.92. The Balaban J connectivity index is 2.37. The summed E-state index contributed by atoms with van der Waals surface area (Å²) >= 11 is 1.38. The van der Waals surface area contributed by atoms with E-state index in [1.807, 2.05) is 18.4 Å². The van der Waals surface area contributed by atoms with Gasteiger partial charge in [0.05, 0.1) is 16.3 Å². The Labute approximate surface area is 152 Å². The summed E-state index contributed by atoms with van der Waals surface area (Å²) in [6.07, 6.45) is 0. The molecule has 1 aromatic heterocycles. The first kappa shape index (κ1) is 19.6. The molecule has 6 nitrogen and oxygen atoms in total. The molecule has 0 saturated carbocycles. The molecule has 0 aliphatic heterocycles. The summed E-state index contributed by atoms with van der Waals surface area (Å²) in [5.41, 5.74) is 2.36. The standard InChI is InChI=1S/C17H23N3O3S2/c1-6-20-12(2)16(13(3)21)24-17(20)18-15-9-7-14(8-10-15)11-25(22,23)19(4)5/h7-10H,6,11H2,1-5H3. The summed E-state index contributed by atoms with van der Waals surface area (Å²) in [6, 6.07) is 7.12. The van der Waals surface area contributed by atoms with Crippen LogP contribution < -0.4 is 4.80 Å². The van der Waals surface area contributed by atoms with E-state index in [-0.39, 0.29) is 11.5 Å². The van der Waals surface area contributed by atoms with Gasteiger partial charge in [0.15, 0.2) is 10.6 Å². The number of benzene rings is 1. The van der Waals surface area contributed by atoms with E-state index in [4.69, 9.17) is 0 Å². The highest BCUT2D eigenvalue weighted by Gasteiger charge is 2.15. The number of sulfonamides is 1. The number of Topliss-reactive ketones (excluding diaryl/α,β-unsaturated/α-hetero) is 1. The molecule has 1 aromatic carbocycles. The van der Waals surface area contributed by atoms with Crippen LogP contribution >= 0.6 is 11.3 Å². The van der Waals surface area contributed by atoms with E-state index in [0.717, 1.165) is 22.7 Å². The monoisotopic (exact) mass is 381 g/mol. The van der Waals surface area contributed by atoms with Crippen LogP contribution in [0.25, 0.3) is 0 Å². The predicted octanol–water partition coefficient (Wildman–Crippen LogP) is 2.70. The van der Waals surface area contributed by atoms with Crippen LogP contribution in [0.2, 0.25) is 0 Å². The lowest BCUT2D eigenvalue weighted by Gasteiger charge is -2.11. The van der Waals surface area contributed by atoms with Crippen molar-refractivity contribution in [3.05, 3.63) is 45.2 Å². The van der Waals surface area contributed by atoms with Gasteiger partial charge in [-0.25, -0.2) is 17.7 Å². The van der Waals surface area contributed by atoms with Gasteiger partial charge in [0.1, 0.15) is 0 Å². The minimum absolute atomic E-state index is 0.0374. The minimum atomic E-state index is -3.28. The van der Waals surface area contributed by atoms with Crippen LogP contribution in [0.15, 0.2) is 29.3 Å². The fourth-order valence-corrected chi connectivity index (χ4v) is 4.37. The molecule has 0 saturated heterocycles. The number of carbonyl (C=O) groups excluding carboxylic acids is 1. The molecular weight excluding hydrogens is 358 g/mol. The average molecular weight is 382 g/mol. The molecule has 8 heteroatoms. The van der Waals surface area contributed by atoms with E-state index in [9.17, 15) is 13.2 Å². The molecule has 0 radical (unpaired) electrons. The zero-order chi connectivity index (χ0) is 18.8. The van der Waals surface area contributed by atoms with Gasteiger partial charge in [-0.3, -0.25) is 4.79 Å². The second kappa shape index (κ2) is 7.63. The van der Waals surface area contributed by atoms with Crippen LogP contribution in [0.4, 0.5) is 5.69 Å². The van der Waals surface area contributed by atoms with E-state index < -0.39 is 10.0 Å². The lowest BCUT2D eigenvalue weighted by atomic mass is 10.2. The van der Waals surface area contributed by atoms with Crippen LogP contribution in [0, 0.1) is 6.92 Å². The first-order valence-electron chi connectivity index (χ1n) is 7.90. The third-order valence-corrected chi connectivity index (χ3v) is 6.95. The Morgan fingerprint density at radius 2 is 1.84 bits per heavy atom. The zero-order valence-corrected chi connectivity index (χ0v) is 16.7. The maximum absolute atomic E-state index is 11.9. The van der Waals surface area contributed by atoms with Crippen molar-refractivity contribution in [2.75, 3.05) is 14.1 Å². The summed E-state index contributed by atoms with van der Waals surface area (Å²) in [4.78, 5) is 17.8. The van der Waals surface area contributed by atoms with Crippen LogP contribution in [-0.4, -0.2) is 37.2 Å². The average Bonchev–Trinajstić information content (AvgIpc) is 2.84. The molecule has 0 amide bonds. The van der Waals surface area contributed by atoms with Crippen molar-refractivity contribution in [1.29, 1.82) is 0 Å². The van der Waals surface area contributed by atoms with Gasteiger partial charge in [-0.1, -0.05) is 23.5 Å². The Kier molecular flexibility index (Phi) is 5.97. The van der Waals surface area contributed by atoms with Crippen molar-refractivity contribution in [3.8, 4) is 0 Å². The number of aromatic nitrogens is 1. The number of hydrogen-bond donors (Lipinski definition) is 0. The van der Waals surface area contributed by atoms with Crippen molar-refractivity contribution in [3.63, 3.8) is 0 Å². The van der Waals surface area contributed by atoms with Crippen molar-refractivity contribution in [1.82, 2.24) is 8.87 Å². The smallest absolute Gasteiger partial charge is 0.217 e. The molecule has 2 aromatic rings. The highest BCUT2D eigenvalue weighted by molar-refractivity contribution is 7.88. The number of carbonyl (C=O) groups is 1. The molecule has 2 rings (SSSR count). The molecule has 136 valence electrons. The van der Waals surface area contributed by atoms with Gasteiger partial charge in [0.2, 0.25) is 10.0 Å². The van der Waals surface area contributed by atoms with Crippen LogP contribution in [0.5, 0.6) is 0 Å². The zero-order valence-electron chi connectivity index (χ0n) is 15.1. The molecule has 0 N–H and O–H groups in total. The van der Waals surface area contributed by atoms with Gasteiger partial charge in [0.25, 0.3) is 0 Å². The van der Waals surface area contributed by atoms with Gasteiger partial charge in [-0.05, 0) is 31.5 Å². The number of nitrogens with zero attached hydrogens (tertiary/aromatic N) is 3. The first-order chi connectivity index (χ1) is 11.7. The number of ketones is 1. The van der Waals surface area contributed by atoms with Gasteiger partial charge >= 0.3 is 0 Å². The lowest BCUT2D eigenvalue weighted by Crippen LogP contribution is -2.23. The number of rotatable bonds is 6. The highest BCUT2D eigenvalue weighted by Crippen LogP contribution is 2.17. The molecule has 25 heavy (non-hydrogen) atoms. The summed E-state index contributed by atoms with van der Waals surface area (Å²) in [5, 5.41) is 0. The van der Waals surface area contributed by atoms with Crippen molar-refractivity contribution in [2.24, 2.45) is 4.99 Å². The summed E-state index contributed by atoms with van der Waals surface area (Å²) < 4.78 is 27.1. The van der Waals surface area contributed by atoms with E-state index in [1.165, 1.54) is 29.7 Å². The molecule has 1 heterocycles. The largest absolute Gasteiger partial charge is 0.321 e. The fraction of sp³-hybridized carbons (Fsp3) is 0.412. The van der Waals surface area contributed by atoms with Crippen molar-refractivity contribution in [2.45, 2.75) is 33.1 Å². The van der Waals surface area contributed by atoms with Crippen LogP contribution in [0.3, 0.4) is 0 Å². The van der Waals surface area contributed by atoms with Crippen molar-refractivity contribution >= 4 is 32.8 Å². The molecule has 0 atom stereocenters. The number of thiazole rings is 1. The van der Waals surface area contributed by atoms with Gasteiger partial charge in [-0.15, -0.1) is 0 Å². The van der Waals surface area contributed by atoms with Crippen LogP contribution in [-0.2, 0) is 22.3 Å². The third kappa shape index (κ3) is 4.45. The molecule has 0 fully saturated rings. The molecule has 0 unspecified atom stereocenters. The Morgan fingerprint density at radius 3 is 2.32 bits per heavy atom.